The maximum Gasteiger partial charge on any atom is 0.375 e. The summed E-state index contributed by atoms with van der Waals surface area (Å²) in [6, 6.07) is 3.09. The summed E-state index contributed by atoms with van der Waals surface area (Å²) < 4.78 is 4.45. The first-order chi connectivity index (χ1) is 8.70. The summed E-state index contributed by atoms with van der Waals surface area (Å²) in [7, 11) is 1.22. The Labute approximate surface area is 101 Å². The van der Waals surface area contributed by atoms with E-state index in [0.29, 0.717) is 5.56 Å². The molecule has 2 rings (SSSR count). The Kier molecular flexibility index (Phi) is 3.28. The Balaban J connectivity index is 2.08. The summed E-state index contributed by atoms with van der Waals surface area (Å²) in [5, 5.41) is 8.45. The van der Waals surface area contributed by atoms with Crippen LogP contribution in [-0.2, 0) is 4.74 Å². The molecule has 0 unspecified atom stereocenters. The van der Waals surface area contributed by atoms with Gasteiger partial charge in [0.1, 0.15) is 0 Å². The average Bonchev–Trinajstić information content (AvgIpc) is 2.87. The number of pyridine rings is 1. The summed E-state index contributed by atoms with van der Waals surface area (Å²) in [5.41, 5.74) is 0.411. The fraction of sp³-hybridized carbons (Fsp3) is 0.100. The van der Waals surface area contributed by atoms with Crippen molar-refractivity contribution >= 4 is 17.8 Å². The van der Waals surface area contributed by atoms with E-state index in [4.69, 9.17) is 0 Å². The monoisotopic (exact) mass is 247 g/mol. The quantitative estimate of drug-likeness (QED) is 0.751. The van der Waals surface area contributed by atoms with Gasteiger partial charge in [-0.05, 0) is 12.1 Å². The number of nitrogens with one attached hydrogen (secondary N) is 2. The zero-order chi connectivity index (χ0) is 13.0. The first kappa shape index (κ1) is 11.7. The molecule has 0 spiro atoms. The zero-order valence-electron chi connectivity index (χ0n) is 9.38. The highest BCUT2D eigenvalue weighted by molar-refractivity contribution is 6.03. The Bertz CT molecular complexity index is 566. The van der Waals surface area contributed by atoms with Crippen LogP contribution in [0.15, 0.2) is 24.5 Å². The third-order valence-corrected chi connectivity index (χ3v) is 2.03. The van der Waals surface area contributed by atoms with Crippen LogP contribution in [0.1, 0.15) is 21.0 Å². The summed E-state index contributed by atoms with van der Waals surface area (Å²) >= 11 is 0. The molecule has 1 amide bonds. The molecule has 8 nitrogen and oxygen atoms in total. The molecular formula is C10H9N5O3. The predicted octanol–water partition coefficient (Wildman–Crippen LogP) is 0.239. The van der Waals surface area contributed by atoms with Crippen molar-refractivity contribution in [2.24, 2.45) is 0 Å². The minimum absolute atomic E-state index is 0.00258. The Morgan fingerprint density at radius 1 is 1.33 bits per heavy atom. The van der Waals surface area contributed by atoms with Gasteiger partial charge >= 0.3 is 5.97 Å². The van der Waals surface area contributed by atoms with Crippen LogP contribution in [0.4, 0.5) is 5.95 Å². The second kappa shape index (κ2) is 5.04. The van der Waals surface area contributed by atoms with Crippen molar-refractivity contribution < 1.29 is 14.3 Å². The average molecular weight is 247 g/mol. The van der Waals surface area contributed by atoms with Gasteiger partial charge in [-0.25, -0.2) is 4.79 Å². The minimum Gasteiger partial charge on any atom is -0.463 e. The number of rotatable bonds is 3. The maximum atomic E-state index is 11.7. The van der Waals surface area contributed by atoms with Crippen LogP contribution >= 0.6 is 0 Å². The molecule has 2 heterocycles. The van der Waals surface area contributed by atoms with Gasteiger partial charge in [-0.2, -0.15) is 4.98 Å². The number of hydrogen-bond donors (Lipinski definition) is 2. The van der Waals surface area contributed by atoms with Crippen molar-refractivity contribution in [3.8, 4) is 0 Å². The van der Waals surface area contributed by atoms with Crippen LogP contribution in [0, 0.1) is 0 Å². The van der Waals surface area contributed by atoms with E-state index in [0.717, 1.165) is 0 Å². The van der Waals surface area contributed by atoms with E-state index in [1.54, 1.807) is 12.1 Å². The van der Waals surface area contributed by atoms with Gasteiger partial charge in [0.25, 0.3) is 5.91 Å². The topological polar surface area (TPSA) is 110 Å². The number of carbonyl (C=O) groups is 2. The number of nitrogens with zero attached hydrogens (tertiary/aromatic N) is 3. The molecule has 2 aromatic heterocycles. The molecule has 0 aliphatic rings. The molecule has 8 heteroatoms. The van der Waals surface area contributed by atoms with Gasteiger partial charge in [0.15, 0.2) is 0 Å². The van der Waals surface area contributed by atoms with E-state index >= 15 is 0 Å². The molecule has 92 valence electrons. The van der Waals surface area contributed by atoms with Crippen LogP contribution < -0.4 is 5.32 Å². The molecule has 0 bridgehead atoms. The van der Waals surface area contributed by atoms with Crippen LogP contribution in [-0.4, -0.2) is 39.2 Å². The lowest BCUT2D eigenvalue weighted by molar-refractivity contribution is 0.0587. The smallest absolute Gasteiger partial charge is 0.375 e. The maximum absolute atomic E-state index is 11.7. The van der Waals surface area contributed by atoms with Gasteiger partial charge in [-0.15, -0.1) is 5.10 Å². The number of ether oxygens (including phenoxy) is 1. The number of hydrogen-bond acceptors (Lipinski definition) is 6. The predicted molar refractivity (Wildman–Crippen MR) is 59.9 cm³/mol. The first-order valence-corrected chi connectivity index (χ1v) is 4.93. The second-order valence-corrected chi connectivity index (χ2v) is 3.19. The fourth-order valence-corrected chi connectivity index (χ4v) is 1.18. The standard InChI is InChI=1S/C10H9N5O3/c1-18-9(17)7-12-10(15-14-7)13-8(16)6-2-4-11-5-3-6/h2-5H,1H3,(H2,12,13,14,15,16). The molecule has 2 N–H and O–H groups in total. The lowest BCUT2D eigenvalue weighted by atomic mass is 10.2. The molecule has 0 aliphatic heterocycles. The van der Waals surface area contributed by atoms with Crippen molar-refractivity contribution in [3.05, 3.63) is 35.9 Å². The molecule has 0 aliphatic carbocycles. The molecule has 0 saturated heterocycles. The number of carbonyl (C=O) groups excluding carboxylic acids is 2. The molecule has 18 heavy (non-hydrogen) atoms. The highest BCUT2D eigenvalue weighted by atomic mass is 16.5. The second-order valence-electron chi connectivity index (χ2n) is 3.19. The number of esters is 1. The van der Waals surface area contributed by atoms with Crippen LogP contribution in [0.2, 0.25) is 0 Å². The summed E-state index contributed by atoms with van der Waals surface area (Å²) in [6.45, 7) is 0. The van der Waals surface area contributed by atoms with Crippen molar-refractivity contribution in [1.82, 2.24) is 20.2 Å². The van der Waals surface area contributed by atoms with Gasteiger partial charge in [-0.3, -0.25) is 20.2 Å². The third kappa shape index (κ3) is 2.48. The summed E-state index contributed by atoms with van der Waals surface area (Å²) in [6.07, 6.45) is 2.99. The van der Waals surface area contributed by atoms with Crippen molar-refractivity contribution in [2.45, 2.75) is 0 Å². The number of H-pyrrole nitrogens is 1. The summed E-state index contributed by atoms with van der Waals surface area (Å²) in [4.78, 5) is 30.4. The molecule has 0 fully saturated rings. The van der Waals surface area contributed by atoms with Gasteiger partial charge in [-0.1, -0.05) is 0 Å². The Morgan fingerprint density at radius 3 is 2.72 bits per heavy atom. The lowest BCUT2D eigenvalue weighted by Gasteiger charge is -1.99. The van der Waals surface area contributed by atoms with E-state index in [2.05, 4.69) is 30.2 Å². The van der Waals surface area contributed by atoms with E-state index in [-0.39, 0.29) is 11.8 Å². The Hall–Kier alpha value is -2.77. The van der Waals surface area contributed by atoms with Crippen LogP contribution in [0.25, 0.3) is 0 Å². The van der Waals surface area contributed by atoms with Crippen LogP contribution in [0.3, 0.4) is 0 Å². The third-order valence-electron chi connectivity index (χ3n) is 2.03. The summed E-state index contributed by atoms with van der Waals surface area (Å²) in [5.74, 6) is -1.14. The van der Waals surface area contributed by atoms with E-state index in [9.17, 15) is 9.59 Å². The number of methoxy groups -OCH3 is 1. The number of aromatic amines is 1. The normalized spacial score (nSPS) is 9.83. The largest absolute Gasteiger partial charge is 0.463 e. The van der Waals surface area contributed by atoms with E-state index in [1.807, 2.05) is 0 Å². The zero-order valence-corrected chi connectivity index (χ0v) is 9.38. The van der Waals surface area contributed by atoms with Crippen LogP contribution in [0.5, 0.6) is 0 Å². The highest BCUT2D eigenvalue weighted by Crippen LogP contribution is 2.03. The number of anilines is 1. The molecule has 0 radical (unpaired) electrons. The molecule has 0 atom stereocenters. The van der Waals surface area contributed by atoms with E-state index < -0.39 is 11.9 Å². The van der Waals surface area contributed by atoms with Crippen molar-refractivity contribution in [1.29, 1.82) is 0 Å². The number of amides is 1. The van der Waals surface area contributed by atoms with Crippen molar-refractivity contribution in [3.63, 3.8) is 0 Å². The highest BCUT2D eigenvalue weighted by Gasteiger charge is 2.14. The molecule has 0 saturated carbocycles. The Morgan fingerprint density at radius 2 is 2.06 bits per heavy atom. The first-order valence-electron chi connectivity index (χ1n) is 4.93. The SMILES string of the molecule is COC(=O)c1nc(NC(=O)c2ccncc2)n[nH]1. The molecular weight excluding hydrogens is 238 g/mol. The number of aromatic nitrogens is 4. The van der Waals surface area contributed by atoms with E-state index in [1.165, 1.54) is 19.5 Å². The van der Waals surface area contributed by atoms with Gasteiger partial charge in [0, 0.05) is 18.0 Å². The van der Waals surface area contributed by atoms with Crippen molar-refractivity contribution in [2.75, 3.05) is 12.4 Å². The molecule has 0 aromatic carbocycles. The molecule has 2 aromatic rings. The van der Waals surface area contributed by atoms with Gasteiger partial charge in [0.05, 0.1) is 7.11 Å². The van der Waals surface area contributed by atoms with Gasteiger partial charge in [0.2, 0.25) is 11.8 Å². The van der Waals surface area contributed by atoms with Gasteiger partial charge < -0.3 is 4.74 Å². The lowest BCUT2D eigenvalue weighted by Crippen LogP contribution is -2.13. The minimum atomic E-state index is -0.660. The fourth-order valence-electron chi connectivity index (χ4n) is 1.18.